The van der Waals surface area contributed by atoms with E-state index < -0.39 is 11.7 Å². The summed E-state index contributed by atoms with van der Waals surface area (Å²) in [4.78, 5) is 2.39. The topological polar surface area (TPSA) is 32.7 Å². The summed E-state index contributed by atoms with van der Waals surface area (Å²) in [7, 11) is 0. The van der Waals surface area contributed by atoms with Gasteiger partial charge in [-0.15, -0.1) is 0 Å². The number of halogens is 1. The van der Waals surface area contributed by atoms with Crippen LogP contribution < -0.4 is 4.74 Å². The molecule has 4 heteroatoms. The lowest BCUT2D eigenvalue weighted by Crippen LogP contribution is -2.59. The highest BCUT2D eigenvalue weighted by Crippen LogP contribution is 2.43. The quantitative estimate of drug-likeness (QED) is 0.859. The van der Waals surface area contributed by atoms with Crippen molar-refractivity contribution in [2.45, 2.75) is 51.4 Å². The highest BCUT2D eigenvalue weighted by atomic mass is 35.5. The Morgan fingerprint density at radius 2 is 2.14 bits per heavy atom. The number of likely N-dealkylation sites (tertiary alicyclic amines) is 1. The minimum atomic E-state index is -0.562. The van der Waals surface area contributed by atoms with Gasteiger partial charge in [-0.25, -0.2) is 0 Å². The zero-order chi connectivity index (χ0) is 15.2. The lowest BCUT2D eigenvalue weighted by Gasteiger charge is -2.50. The van der Waals surface area contributed by atoms with Crippen molar-refractivity contribution < 1.29 is 9.84 Å². The molecule has 3 rings (SSSR count). The third-order valence-electron chi connectivity index (χ3n) is 4.76. The van der Waals surface area contributed by atoms with E-state index in [0.717, 1.165) is 24.4 Å². The number of piperidine rings is 1. The normalized spacial score (nSPS) is 32.3. The summed E-state index contributed by atoms with van der Waals surface area (Å²) in [6.07, 6.45) is 1.89. The minimum absolute atomic E-state index is 0.0359. The van der Waals surface area contributed by atoms with Crippen molar-refractivity contribution in [1.82, 2.24) is 4.90 Å². The number of aliphatic hydroxyl groups is 1. The maximum Gasteiger partial charge on any atom is 0.126 e. The van der Waals surface area contributed by atoms with E-state index >= 15 is 0 Å². The molecule has 1 saturated heterocycles. The van der Waals surface area contributed by atoms with Crippen LogP contribution in [0, 0.1) is 5.92 Å². The zero-order valence-electron chi connectivity index (χ0n) is 13.0. The van der Waals surface area contributed by atoms with E-state index in [1.165, 1.54) is 12.8 Å². The highest BCUT2D eigenvalue weighted by Gasteiger charge is 2.47. The molecule has 0 saturated carbocycles. The Morgan fingerprint density at radius 3 is 2.86 bits per heavy atom. The number of benzene rings is 1. The first kappa shape index (κ1) is 15.1. The smallest absolute Gasteiger partial charge is 0.126 e. The van der Waals surface area contributed by atoms with E-state index in [4.69, 9.17) is 16.3 Å². The Bertz CT molecular complexity index is 532. The number of ether oxygens (including phenoxy) is 1. The molecule has 2 aliphatic heterocycles. The fourth-order valence-corrected chi connectivity index (χ4v) is 4.04. The van der Waals surface area contributed by atoms with Gasteiger partial charge in [0.1, 0.15) is 17.5 Å². The first-order valence-corrected chi connectivity index (χ1v) is 8.17. The molecule has 0 bridgehead atoms. The molecule has 0 aliphatic carbocycles. The molecule has 2 heterocycles. The molecule has 0 amide bonds. The largest absolute Gasteiger partial charge is 0.486 e. The maximum atomic E-state index is 10.9. The van der Waals surface area contributed by atoms with Crippen LogP contribution in [0.3, 0.4) is 0 Å². The molecular weight excluding hydrogens is 286 g/mol. The predicted octanol–water partition coefficient (Wildman–Crippen LogP) is 3.64. The first-order valence-electron chi connectivity index (χ1n) is 7.79. The van der Waals surface area contributed by atoms with Crippen molar-refractivity contribution in [3.8, 4) is 5.75 Å². The van der Waals surface area contributed by atoms with Gasteiger partial charge >= 0.3 is 0 Å². The van der Waals surface area contributed by atoms with Crippen LogP contribution in [0.25, 0.3) is 0 Å². The molecule has 21 heavy (non-hydrogen) atoms. The molecule has 1 fully saturated rings. The Morgan fingerprint density at radius 1 is 1.38 bits per heavy atom. The molecule has 1 N–H and O–H groups in total. The molecule has 0 aromatic heterocycles. The van der Waals surface area contributed by atoms with Gasteiger partial charge in [0.25, 0.3) is 0 Å². The van der Waals surface area contributed by atoms with Gasteiger partial charge in [-0.3, -0.25) is 4.90 Å². The van der Waals surface area contributed by atoms with Crippen LogP contribution in [-0.4, -0.2) is 34.7 Å². The van der Waals surface area contributed by atoms with Crippen molar-refractivity contribution in [1.29, 1.82) is 0 Å². The van der Waals surface area contributed by atoms with Crippen molar-refractivity contribution in [2.24, 2.45) is 5.92 Å². The molecule has 0 spiro atoms. The zero-order valence-corrected chi connectivity index (χ0v) is 13.7. The average Bonchev–Trinajstić information content (AvgIpc) is 2.39. The Kier molecular flexibility index (Phi) is 3.93. The van der Waals surface area contributed by atoms with E-state index in [1.807, 2.05) is 18.2 Å². The summed E-state index contributed by atoms with van der Waals surface area (Å²) in [5, 5.41) is 11.6. The number of nitrogens with zero attached hydrogens (tertiary/aromatic N) is 1. The number of rotatable bonds is 1. The summed E-state index contributed by atoms with van der Waals surface area (Å²) in [5.74, 6) is 1.42. The van der Waals surface area contributed by atoms with Crippen molar-refractivity contribution >= 4 is 11.6 Å². The van der Waals surface area contributed by atoms with E-state index in [2.05, 4.69) is 25.7 Å². The van der Waals surface area contributed by atoms with Gasteiger partial charge in [-0.2, -0.15) is 0 Å². The standard InChI is InChI=1S/C17H24ClNO2/c1-11-5-4-8-19(10-11)16-15(20)13-9-12(18)6-7-14(13)21-17(16,2)3/h6-7,9,11,15-16,20H,4-5,8,10H2,1-3H3. The van der Waals surface area contributed by atoms with Gasteiger partial charge in [0.15, 0.2) is 0 Å². The fourth-order valence-electron chi connectivity index (χ4n) is 3.86. The van der Waals surface area contributed by atoms with Crippen molar-refractivity contribution in [2.75, 3.05) is 13.1 Å². The molecule has 3 atom stereocenters. The lowest BCUT2D eigenvalue weighted by atomic mass is 9.83. The number of fused-ring (bicyclic) bond motifs is 1. The van der Waals surface area contributed by atoms with Gasteiger partial charge in [0.2, 0.25) is 0 Å². The summed E-state index contributed by atoms with van der Waals surface area (Å²) >= 11 is 6.09. The first-order chi connectivity index (χ1) is 9.88. The second-order valence-electron chi connectivity index (χ2n) is 7.02. The summed E-state index contributed by atoms with van der Waals surface area (Å²) in [5.41, 5.74) is 0.391. The van der Waals surface area contributed by atoms with E-state index in [9.17, 15) is 5.11 Å². The van der Waals surface area contributed by atoms with Crippen LogP contribution in [0.4, 0.5) is 0 Å². The van der Waals surface area contributed by atoms with Crippen molar-refractivity contribution in [3.05, 3.63) is 28.8 Å². The van der Waals surface area contributed by atoms with Crippen LogP contribution in [0.15, 0.2) is 18.2 Å². The van der Waals surface area contributed by atoms with Crippen LogP contribution in [0.1, 0.15) is 45.3 Å². The minimum Gasteiger partial charge on any atom is -0.486 e. The van der Waals surface area contributed by atoms with Crippen molar-refractivity contribution in [3.63, 3.8) is 0 Å². The molecule has 2 aliphatic rings. The number of hydrogen-bond acceptors (Lipinski definition) is 3. The van der Waals surface area contributed by atoms with Gasteiger partial charge in [0.05, 0.1) is 6.04 Å². The van der Waals surface area contributed by atoms with Gasteiger partial charge in [-0.1, -0.05) is 18.5 Å². The summed E-state index contributed by atoms with van der Waals surface area (Å²) < 4.78 is 6.19. The Labute approximate surface area is 131 Å². The highest BCUT2D eigenvalue weighted by molar-refractivity contribution is 6.30. The number of aliphatic hydroxyl groups excluding tert-OH is 1. The Balaban J connectivity index is 1.96. The molecule has 116 valence electrons. The van der Waals surface area contributed by atoms with Gasteiger partial charge in [-0.05, 0) is 57.4 Å². The fraction of sp³-hybridized carbons (Fsp3) is 0.647. The molecule has 1 aromatic carbocycles. The Hall–Kier alpha value is -0.770. The average molecular weight is 310 g/mol. The van der Waals surface area contributed by atoms with Crippen LogP contribution >= 0.6 is 11.6 Å². The maximum absolute atomic E-state index is 10.9. The second-order valence-corrected chi connectivity index (χ2v) is 7.46. The second kappa shape index (κ2) is 5.45. The molecule has 3 nitrogen and oxygen atoms in total. The van der Waals surface area contributed by atoms with Crippen LogP contribution in [-0.2, 0) is 0 Å². The third kappa shape index (κ3) is 2.79. The molecular formula is C17H24ClNO2. The molecule has 1 aromatic rings. The van der Waals surface area contributed by atoms with Gasteiger partial charge < -0.3 is 9.84 Å². The summed E-state index contributed by atoms with van der Waals surface area (Å²) in [6, 6.07) is 5.47. The van der Waals surface area contributed by atoms with Crippen LogP contribution in [0.5, 0.6) is 5.75 Å². The van der Waals surface area contributed by atoms with E-state index in [1.54, 1.807) is 0 Å². The molecule has 0 radical (unpaired) electrons. The van der Waals surface area contributed by atoms with E-state index in [-0.39, 0.29) is 6.04 Å². The molecule has 3 unspecified atom stereocenters. The SMILES string of the molecule is CC1CCCN(C2C(O)c3cc(Cl)ccc3OC2(C)C)C1. The summed E-state index contributed by atoms with van der Waals surface area (Å²) in [6.45, 7) is 8.45. The van der Waals surface area contributed by atoms with Gasteiger partial charge in [0, 0.05) is 17.1 Å². The monoisotopic (exact) mass is 309 g/mol. The van der Waals surface area contributed by atoms with E-state index in [0.29, 0.717) is 10.9 Å². The lowest BCUT2D eigenvalue weighted by molar-refractivity contribution is -0.0920. The predicted molar refractivity (Wildman–Crippen MR) is 84.9 cm³/mol. The number of hydrogen-bond donors (Lipinski definition) is 1. The van der Waals surface area contributed by atoms with Crippen LogP contribution in [0.2, 0.25) is 5.02 Å². The third-order valence-corrected chi connectivity index (χ3v) is 4.99.